The Kier molecular flexibility index (Phi) is 14.6. The fourth-order valence-corrected chi connectivity index (χ4v) is 18.3. The van der Waals surface area contributed by atoms with E-state index in [0.29, 0.717) is 109 Å². The average molecular weight is 1260 g/mol. The molecule has 0 aromatic heterocycles. The minimum atomic E-state index is -2.65. The zero-order chi connectivity index (χ0) is 55.6. The number of carbonyl (C=O) groups is 1. The number of hydrogen-bond donors (Lipinski definition) is 7. The third-order valence-corrected chi connectivity index (χ3v) is 22.7. The van der Waals surface area contributed by atoms with Gasteiger partial charge in [-0.15, -0.1) is 0 Å². The second-order valence-corrected chi connectivity index (χ2v) is 28.0. The topological polar surface area (TPSA) is 309 Å². The van der Waals surface area contributed by atoms with Crippen LogP contribution in [0.2, 0.25) is 0 Å². The summed E-state index contributed by atoms with van der Waals surface area (Å²) in [6.07, 6.45) is -4.93. The number of rotatable bonds is 2. The van der Waals surface area contributed by atoms with Gasteiger partial charge in [0.2, 0.25) is 11.6 Å². The van der Waals surface area contributed by atoms with Crippen LogP contribution in [0.4, 0.5) is 0 Å². The molecule has 0 aliphatic carbocycles. The summed E-state index contributed by atoms with van der Waals surface area (Å²) in [5, 5.41) is 54.5. The molecular formula is C57H81IN2O21. The van der Waals surface area contributed by atoms with Crippen molar-refractivity contribution in [2.45, 2.75) is 314 Å². The lowest BCUT2D eigenvalue weighted by molar-refractivity contribution is -0.355. The van der Waals surface area contributed by atoms with E-state index >= 15 is 0 Å². The van der Waals surface area contributed by atoms with Gasteiger partial charge in [0.05, 0.1) is 127 Å². The fraction of sp³-hybridized carbons (Fsp3) is 0.912. The molecule has 15 rings (SSSR count). The summed E-state index contributed by atoms with van der Waals surface area (Å²) in [4.78, 5) is 14.4. The van der Waals surface area contributed by atoms with Crippen molar-refractivity contribution in [1.82, 2.24) is 0 Å². The maximum absolute atomic E-state index is 14.4. The Balaban J connectivity index is 0.645. The van der Waals surface area contributed by atoms with Gasteiger partial charge in [-0.25, -0.2) is 0 Å². The molecule has 3 spiro atoms. The minimum absolute atomic E-state index is 0.0568. The first kappa shape index (κ1) is 56.4. The van der Waals surface area contributed by atoms with Crippen molar-refractivity contribution in [1.29, 1.82) is 0 Å². The molecule has 0 radical (unpaired) electrons. The molecule has 3 unspecified atom stereocenters. The summed E-state index contributed by atoms with van der Waals surface area (Å²) in [6.45, 7) is 8.43. The summed E-state index contributed by atoms with van der Waals surface area (Å²) in [5.41, 5.74) is 15.4. The van der Waals surface area contributed by atoms with E-state index < -0.39 is 118 Å². The summed E-state index contributed by atoms with van der Waals surface area (Å²) in [6, 6.07) is -0.686. The van der Waals surface area contributed by atoms with Crippen LogP contribution in [0.25, 0.3) is 0 Å². The van der Waals surface area contributed by atoms with E-state index in [-0.39, 0.29) is 98.7 Å². The largest absolute Gasteiger partial charge is 0.459 e. The van der Waals surface area contributed by atoms with E-state index in [9.17, 15) is 30.3 Å². The Morgan fingerprint density at radius 1 is 0.568 bits per heavy atom. The molecule has 81 heavy (non-hydrogen) atoms. The van der Waals surface area contributed by atoms with E-state index in [1.807, 2.05) is 0 Å². The van der Waals surface area contributed by atoms with Crippen LogP contribution in [0.3, 0.4) is 0 Å². The monoisotopic (exact) mass is 1260 g/mol. The Morgan fingerprint density at radius 2 is 1.25 bits per heavy atom. The van der Waals surface area contributed by atoms with E-state index in [1.165, 1.54) is 0 Å². The highest BCUT2D eigenvalue weighted by Gasteiger charge is 2.73. The molecule has 24 heteroatoms. The molecule has 15 heterocycles. The van der Waals surface area contributed by atoms with Crippen LogP contribution >= 0.6 is 22.6 Å². The lowest BCUT2D eigenvalue weighted by Crippen LogP contribution is -2.68. The van der Waals surface area contributed by atoms with Gasteiger partial charge in [-0.3, -0.25) is 4.79 Å². The highest BCUT2D eigenvalue weighted by atomic mass is 127. The zero-order valence-corrected chi connectivity index (χ0v) is 47.7. The predicted molar refractivity (Wildman–Crippen MR) is 283 cm³/mol. The fourth-order valence-electron chi connectivity index (χ4n) is 17.2. The number of halogens is 1. The first-order valence-electron chi connectivity index (χ1n) is 30.3. The number of aliphatic hydroxyl groups excluding tert-OH is 3. The smallest absolute Gasteiger partial charge is 0.308 e. The maximum atomic E-state index is 14.4. The van der Waals surface area contributed by atoms with E-state index in [4.69, 9.17) is 82.5 Å². The number of aliphatic hydroxyl groups is 5. The first-order valence-corrected chi connectivity index (χ1v) is 31.5. The first-order chi connectivity index (χ1) is 38.8. The molecule has 23 nitrogen and oxygen atoms in total. The second kappa shape index (κ2) is 21.0. The van der Waals surface area contributed by atoms with Crippen LogP contribution in [0.15, 0.2) is 24.3 Å². The Morgan fingerprint density at radius 3 is 2.09 bits per heavy atom. The van der Waals surface area contributed by atoms with Crippen molar-refractivity contribution in [3.63, 3.8) is 0 Å². The highest BCUT2D eigenvalue weighted by molar-refractivity contribution is 14.1. The van der Waals surface area contributed by atoms with Crippen molar-refractivity contribution < 1.29 is 101 Å². The van der Waals surface area contributed by atoms with Gasteiger partial charge in [-0.05, 0) is 62.5 Å². The molecule has 0 aromatic rings. The van der Waals surface area contributed by atoms with Gasteiger partial charge in [0, 0.05) is 76.3 Å². The average Bonchev–Trinajstić information content (AvgIpc) is 4.37. The summed E-state index contributed by atoms with van der Waals surface area (Å²) in [7, 11) is 0. The standard InChI is InChI=1S/C57H81IN2O21/c1-23-11-27-7-10-56-53(64)57(65,66)52(81-56)51-47(58)50(80-56)49-33(74-51)6-4-26(69-49)13-46(63)73-40-16-37-38(71-36(40)14-34-24(2)28(59)12-25(68-34)3-5-31(23)67-27)17-42-44(72-37)20-55(77-42)21-45-32(76-55)8-9-54(79-45)19-29(60)48-43(78-54)18-39-41(75-48)15-35(70-39)30(62)22-61/h25-45,47-53,61-62,64-66H,1-22,59-60H2/t25-,26+,27-,28+,29-,30-,31-,32-,33-,34+,35-,36-,37?,38-,39+,40+,41+,42+,43-,44?,45-,47-,48-,49-,50+,51+,52?,53-,54-,55+,56+/m0/s1. The molecule has 15 saturated heterocycles. The quantitative estimate of drug-likeness (QED) is 0.0665. The Bertz CT molecular complexity index is 2430. The van der Waals surface area contributed by atoms with Gasteiger partial charge in [0.1, 0.15) is 36.6 Å². The van der Waals surface area contributed by atoms with Crippen LogP contribution in [0.5, 0.6) is 0 Å². The lowest BCUT2D eigenvalue weighted by Gasteiger charge is -2.53. The molecular weight excluding hydrogens is 1180 g/mol. The summed E-state index contributed by atoms with van der Waals surface area (Å²) >= 11 is 2.20. The molecule has 31 atom stereocenters. The van der Waals surface area contributed by atoms with Crippen LogP contribution in [-0.2, 0) is 75.8 Å². The number of alkyl halides is 1. The second-order valence-electron chi connectivity index (χ2n) is 26.6. The minimum Gasteiger partial charge on any atom is -0.459 e. The van der Waals surface area contributed by atoms with Crippen LogP contribution in [0, 0.1) is 0 Å². The molecule has 0 amide bonds. The molecule has 9 N–H and O–H groups in total. The SMILES string of the molecule is C=C1C[C@@H]2CC[C@]34OC([C@@H]5O[C@H]6CC[C@H](CC(=O)O[C@@H]7CC8OC9C[C@]%10(C[C@@H]%11O[C@@]%12(CC[C@@H]%11O%10)C[C@H](N)[C@@H]%10O[C@@H]%11C[C@@H]([C@@H](O)CO)O[C@@H]%11C[C@@H]%10O%12)O[C@@H]9C[C@@H]8O[C@H]7C[C@H]7O[C@@H](CC[C@@H]1O2)C[C@@H](N)C7=C)O[C@@H]6[C@H](O3)[C@@H]5I)C(O)(O)[C@H]4O. The van der Waals surface area contributed by atoms with E-state index in [0.717, 1.165) is 11.1 Å². The number of nitrogens with two attached hydrogens (primary N) is 2. The molecule has 15 aliphatic rings. The third-order valence-electron chi connectivity index (χ3n) is 21.3. The van der Waals surface area contributed by atoms with Gasteiger partial charge < -0.3 is 108 Å². The van der Waals surface area contributed by atoms with Crippen molar-refractivity contribution in [2.24, 2.45) is 11.5 Å². The number of carbonyl (C=O) groups excluding carboxylic acids is 1. The zero-order valence-electron chi connectivity index (χ0n) is 45.5. The van der Waals surface area contributed by atoms with Crippen LogP contribution < -0.4 is 11.5 Å². The predicted octanol–water partition coefficient (Wildman–Crippen LogP) is 0.910. The number of fused-ring (bicyclic) bond motifs is 14. The number of hydrogen-bond acceptors (Lipinski definition) is 23. The normalized spacial score (nSPS) is 56.8. The van der Waals surface area contributed by atoms with Crippen molar-refractivity contribution in [2.75, 3.05) is 6.61 Å². The van der Waals surface area contributed by atoms with E-state index in [1.54, 1.807) is 0 Å². The third kappa shape index (κ3) is 9.81. The molecule has 10 bridgehead atoms. The Hall–Kier alpha value is -1.16. The molecule has 15 fully saturated rings. The van der Waals surface area contributed by atoms with Gasteiger partial charge in [-0.2, -0.15) is 0 Å². The van der Waals surface area contributed by atoms with Gasteiger partial charge in [0.25, 0.3) is 0 Å². The summed E-state index contributed by atoms with van der Waals surface area (Å²) < 4.78 is 100. The van der Waals surface area contributed by atoms with Gasteiger partial charge in [0.15, 0.2) is 17.7 Å². The molecule has 15 aliphatic heterocycles. The number of esters is 1. The van der Waals surface area contributed by atoms with Crippen LogP contribution in [-0.4, -0.2) is 230 Å². The van der Waals surface area contributed by atoms with Crippen molar-refractivity contribution in [3.8, 4) is 0 Å². The van der Waals surface area contributed by atoms with Gasteiger partial charge >= 0.3 is 5.97 Å². The highest BCUT2D eigenvalue weighted by Crippen LogP contribution is 2.56. The molecule has 0 saturated carbocycles. The molecule has 452 valence electrons. The molecule has 0 aromatic carbocycles. The van der Waals surface area contributed by atoms with Crippen molar-refractivity contribution in [3.05, 3.63) is 24.3 Å². The maximum Gasteiger partial charge on any atom is 0.308 e. The van der Waals surface area contributed by atoms with Crippen LogP contribution in [0.1, 0.15) is 122 Å². The lowest BCUT2D eigenvalue weighted by atomic mass is 9.84. The van der Waals surface area contributed by atoms with E-state index in [2.05, 4.69) is 35.7 Å². The summed E-state index contributed by atoms with van der Waals surface area (Å²) in [5.74, 6) is -6.80. The van der Waals surface area contributed by atoms with Crippen molar-refractivity contribution >= 4 is 28.6 Å². The Labute approximate surface area is 483 Å². The van der Waals surface area contributed by atoms with Gasteiger partial charge in [-0.1, -0.05) is 35.7 Å². The number of ether oxygens (including phenoxy) is 15.